The van der Waals surface area contributed by atoms with Crippen molar-refractivity contribution in [3.8, 4) is 22.6 Å². The van der Waals surface area contributed by atoms with Crippen LogP contribution in [0.5, 0.6) is 11.5 Å². The van der Waals surface area contributed by atoms with Crippen LogP contribution in [0.4, 0.5) is 0 Å². The van der Waals surface area contributed by atoms with E-state index in [2.05, 4.69) is 35.2 Å². The highest BCUT2D eigenvalue weighted by molar-refractivity contribution is 5.67. The molecule has 4 heterocycles. The molecular weight excluding hydrogens is 314 g/mol. The van der Waals surface area contributed by atoms with Crippen LogP contribution in [-0.4, -0.2) is 42.9 Å². The van der Waals surface area contributed by atoms with Gasteiger partial charge in [0.25, 0.3) is 0 Å². The van der Waals surface area contributed by atoms with Crippen molar-refractivity contribution in [3.63, 3.8) is 0 Å². The average molecular weight is 337 g/mol. The zero-order chi connectivity index (χ0) is 16.9. The number of piperidine rings is 3. The smallest absolute Gasteiger partial charge is 0.161 e. The van der Waals surface area contributed by atoms with E-state index in [-0.39, 0.29) is 0 Å². The second kappa shape index (κ2) is 5.75. The van der Waals surface area contributed by atoms with Crippen LogP contribution in [0.15, 0.2) is 42.5 Å². The number of hydrogen-bond acceptors (Lipinski definition) is 4. The number of aliphatic hydroxyl groups is 1. The second-order valence-electron chi connectivity index (χ2n) is 7.41. The standard InChI is InChI=1S/C21H23NO3/c23-21(14-22-9-7-18(21)8-10-22)17-4-1-15(2-5-17)16-3-6-19-20(13-16)25-12-11-24-19/h1-6,13,18,23H,7-12,14H2. The molecule has 1 N–H and O–H groups in total. The lowest BCUT2D eigenvalue weighted by atomic mass is 9.71. The molecule has 0 aliphatic carbocycles. The van der Waals surface area contributed by atoms with Crippen LogP contribution in [0.2, 0.25) is 0 Å². The third kappa shape index (κ3) is 2.52. The van der Waals surface area contributed by atoms with E-state index in [9.17, 15) is 5.11 Å². The van der Waals surface area contributed by atoms with Gasteiger partial charge in [-0.25, -0.2) is 0 Å². The number of hydrogen-bond donors (Lipinski definition) is 1. The van der Waals surface area contributed by atoms with Gasteiger partial charge in [0.05, 0.1) is 0 Å². The van der Waals surface area contributed by atoms with Gasteiger partial charge in [-0.05, 0) is 60.7 Å². The van der Waals surface area contributed by atoms with Crippen LogP contribution in [-0.2, 0) is 5.60 Å². The van der Waals surface area contributed by atoms with E-state index in [0.717, 1.165) is 60.7 Å². The predicted octanol–water partition coefficient (Wildman–Crippen LogP) is 3.04. The predicted molar refractivity (Wildman–Crippen MR) is 95.9 cm³/mol. The minimum atomic E-state index is -0.693. The molecule has 4 nitrogen and oxygen atoms in total. The van der Waals surface area contributed by atoms with Crippen LogP contribution in [0.3, 0.4) is 0 Å². The Labute approximate surface area is 148 Å². The molecule has 4 aliphatic heterocycles. The van der Waals surface area contributed by atoms with E-state index < -0.39 is 5.60 Å². The Morgan fingerprint density at radius 2 is 1.56 bits per heavy atom. The quantitative estimate of drug-likeness (QED) is 0.915. The molecule has 2 bridgehead atoms. The normalized spacial score (nSPS) is 30.3. The Balaban J connectivity index is 1.44. The molecule has 0 spiro atoms. The fraction of sp³-hybridized carbons (Fsp3) is 0.429. The van der Waals surface area contributed by atoms with Crippen molar-refractivity contribution >= 4 is 0 Å². The summed E-state index contributed by atoms with van der Waals surface area (Å²) in [5, 5.41) is 11.3. The molecule has 1 atom stereocenters. The third-order valence-electron chi connectivity index (χ3n) is 5.99. The van der Waals surface area contributed by atoms with Crippen molar-refractivity contribution < 1.29 is 14.6 Å². The first-order valence-corrected chi connectivity index (χ1v) is 9.18. The van der Waals surface area contributed by atoms with Gasteiger partial charge < -0.3 is 19.5 Å². The lowest BCUT2D eigenvalue weighted by Crippen LogP contribution is -2.57. The van der Waals surface area contributed by atoms with E-state index >= 15 is 0 Å². The number of fused-ring (bicyclic) bond motifs is 4. The molecular formula is C21H23NO3. The van der Waals surface area contributed by atoms with Gasteiger partial charge in [0, 0.05) is 6.54 Å². The Hall–Kier alpha value is -2.04. The van der Waals surface area contributed by atoms with E-state index in [4.69, 9.17) is 9.47 Å². The summed E-state index contributed by atoms with van der Waals surface area (Å²) in [5.74, 6) is 2.01. The van der Waals surface area contributed by atoms with Gasteiger partial charge in [-0.15, -0.1) is 0 Å². The highest BCUT2D eigenvalue weighted by atomic mass is 16.6. The second-order valence-corrected chi connectivity index (χ2v) is 7.41. The van der Waals surface area contributed by atoms with Gasteiger partial charge >= 0.3 is 0 Å². The highest BCUT2D eigenvalue weighted by Crippen LogP contribution is 2.43. The van der Waals surface area contributed by atoms with Crippen molar-refractivity contribution in [2.24, 2.45) is 5.92 Å². The maximum Gasteiger partial charge on any atom is 0.161 e. The van der Waals surface area contributed by atoms with Crippen LogP contribution in [0.1, 0.15) is 18.4 Å². The van der Waals surface area contributed by atoms with E-state index in [1.54, 1.807) is 0 Å². The third-order valence-corrected chi connectivity index (χ3v) is 5.99. The van der Waals surface area contributed by atoms with Crippen molar-refractivity contribution in [2.45, 2.75) is 18.4 Å². The topological polar surface area (TPSA) is 41.9 Å². The summed E-state index contributed by atoms with van der Waals surface area (Å²) >= 11 is 0. The van der Waals surface area contributed by atoms with Gasteiger partial charge in [-0.3, -0.25) is 0 Å². The molecule has 1 unspecified atom stereocenters. The van der Waals surface area contributed by atoms with Gasteiger partial charge in [-0.2, -0.15) is 0 Å². The average Bonchev–Trinajstić information content (AvgIpc) is 2.68. The summed E-state index contributed by atoms with van der Waals surface area (Å²) in [6, 6.07) is 14.5. The summed E-state index contributed by atoms with van der Waals surface area (Å²) in [5.41, 5.74) is 2.59. The Morgan fingerprint density at radius 1 is 0.880 bits per heavy atom. The van der Waals surface area contributed by atoms with Crippen molar-refractivity contribution in [1.82, 2.24) is 4.90 Å². The first kappa shape index (κ1) is 15.2. The Morgan fingerprint density at radius 3 is 2.24 bits per heavy atom. The Kier molecular flexibility index (Phi) is 3.50. The molecule has 3 saturated heterocycles. The molecule has 0 amide bonds. The summed E-state index contributed by atoms with van der Waals surface area (Å²) in [4.78, 5) is 2.38. The Bertz CT molecular complexity index is 780. The van der Waals surface area contributed by atoms with Gasteiger partial charge in [0.1, 0.15) is 18.8 Å². The summed E-state index contributed by atoms with van der Waals surface area (Å²) < 4.78 is 11.3. The van der Waals surface area contributed by atoms with Crippen LogP contribution in [0, 0.1) is 5.92 Å². The molecule has 0 radical (unpaired) electrons. The maximum absolute atomic E-state index is 11.3. The SMILES string of the molecule is OC1(c2ccc(-c3ccc4c(c3)OCCO4)cc2)CN2CCC1CC2. The molecule has 130 valence electrons. The molecule has 0 saturated carbocycles. The fourth-order valence-electron chi connectivity index (χ4n) is 4.54. The van der Waals surface area contributed by atoms with Crippen LogP contribution in [0.25, 0.3) is 11.1 Å². The number of benzene rings is 2. The zero-order valence-corrected chi connectivity index (χ0v) is 14.3. The van der Waals surface area contributed by atoms with E-state index in [1.807, 2.05) is 12.1 Å². The molecule has 6 rings (SSSR count). The van der Waals surface area contributed by atoms with E-state index in [1.165, 1.54) is 0 Å². The maximum atomic E-state index is 11.3. The molecule has 2 aromatic carbocycles. The lowest BCUT2D eigenvalue weighted by Gasteiger charge is -2.50. The van der Waals surface area contributed by atoms with E-state index in [0.29, 0.717) is 19.1 Å². The summed E-state index contributed by atoms with van der Waals surface area (Å²) in [6.45, 7) is 4.23. The lowest BCUT2D eigenvalue weighted by molar-refractivity contribution is -0.117. The van der Waals surface area contributed by atoms with Crippen molar-refractivity contribution in [1.29, 1.82) is 0 Å². The van der Waals surface area contributed by atoms with Crippen molar-refractivity contribution in [3.05, 3.63) is 48.0 Å². The minimum Gasteiger partial charge on any atom is -0.486 e. The molecule has 2 aromatic rings. The summed E-state index contributed by atoms with van der Waals surface area (Å²) in [7, 11) is 0. The largest absolute Gasteiger partial charge is 0.486 e. The number of ether oxygens (including phenoxy) is 2. The van der Waals surface area contributed by atoms with Gasteiger partial charge in [0.2, 0.25) is 0 Å². The molecule has 4 aliphatic rings. The molecule has 4 heteroatoms. The molecule has 0 aromatic heterocycles. The summed E-state index contributed by atoms with van der Waals surface area (Å²) in [6.07, 6.45) is 2.20. The minimum absolute atomic E-state index is 0.387. The first-order chi connectivity index (χ1) is 12.2. The first-order valence-electron chi connectivity index (χ1n) is 9.18. The monoisotopic (exact) mass is 337 g/mol. The molecule has 3 fully saturated rings. The highest BCUT2D eigenvalue weighted by Gasteiger charge is 2.46. The van der Waals surface area contributed by atoms with Crippen LogP contribution >= 0.6 is 0 Å². The number of nitrogens with zero attached hydrogens (tertiary/aromatic N) is 1. The fourth-order valence-corrected chi connectivity index (χ4v) is 4.54. The van der Waals surface area contributed by atoms with Gasteiger partial charge in [-0.1, -0.05) is 30.3 Å². The van der Waals surface area contributed by atoms with Crippen molar-refractivity contribution in [2.75, 3.05) is 32.8 Å². The molecule has 25 heavy (non-hydrogen) atoms. The number of rotatable bonds is 2. The van der Waals surface area contributed by atoms with Crippen LogP contribution < -0.4 is 9.47 Å². The zero-order valence-electron chi connectivity index (χ0n) is 14.3. The van der Waals surface area contributed by atoms with Gasteiger partial charge in [0.15, 0.2) is 11.5 Å².